The molecule has 3 aromatic rings. The van der Waals surface area contributed by atoms with Gasteiger partial charge in [-0.3, -0.25) is 0 Å². The first-order valence-corrected chi connectivity index (χ1v) is 9.98. The number of halogens is 1. The van der Waals surface area contributed by atoms with Crippen LogP contribution in [0.25, 0.3) is 0 Å². The summed E-state index contributed by atoms with van der Waals surface area (Å²) in [5.41, 5.74) is 3.21. The highest BCUT2D eigenvalue weighted by molar-refractivity contribution is 7.12. The molecule has 0 saturated carbocycles. The molecule has 5 rings (SSSR count). The van der Waals surface area contributed by atoms with Crippen molar-refractivity contribution in [3.8, 4) is 11.5 Å². The third-order valence-corrected chi connectivity index (χ3v) is 6.11. The summed E-state index contributed by atoms with van der Waals surface area (Å²) in [7, 11) is 1.67. The fourth-order valence-corrected chi connectivity index (χ4v) is 4.54. The first-order valence-electron chi connectivity index (χ1n) is 8.72. The van der Waals surface area contributed by atoms with Crippen molar-refractivity contribution in [3.63, 3.8) is 0 Å². The zero-order valence-electron chi connectivity index (χ0n) is 14.6. The van der Waals surface area contributed by atoms with Gasteiger partial charge in [0, 0.05) is 22.6 Å². The number of hydrogen-bond donors (Lipinski definition) is 0. The van der Waals surface area contributed by atoms with Gasteiger partial charge in [-0.05, 0) is 53.9 Å². The maximum Gasteiger partial charge on any atom is 0.213 e. The molecule has 0 fully saturated rings. The Morgan fingerprint density at radius 3 is 2.78 bits per heavy atom. The fraction of sp³-hybridized carbons (Fsp3) is 0.190. The van der Waals surface area contributed by atoms with Crippen LogP contribution < -0.4 is 9.47 Å². The number of ether oxygens (including phenoxy) is 2. The van der Waals surface area contributed by atoms with Gasteiger partial charge >= 0.3 is 0 Å². The first kappa shape index (κ1) is 16.7. The zero-order chi connectivity index (χ0) is 18.4. The molecule has 0 spiro atoms. The molecule has 0 N–H and O–H groups in total. The van der Waals surface area contributed by atoms with E-state index >= 15 is 0 Å². The van der Waals surface area contributed by atoms with Crippen molar-refractivity contribution in [2.45, 2.75) is 18.7 Å². The summed E-state index contributed by atoms with van der Waals surface area (Å²) in [5.74, 6) is 1.69. The van der Waals surface area contributed by atoms with Crippen LogP contribution in [0.4, 0.5) is 0 Å². The van der Waals surface area contributed by atoms with Crippen LogP contribution in [0.5, 0.6) is 11.5 Å². The van der Waals surface area contributed by atoms with Gasteiger partial charge in [0.05, 0.1) is 23.7 Å². The minimum atomic E-state index is -0.285. The lowest BCUT2D eigenvalue weighted by Gasteiger charge is -2.38. The van der Waals surface area contributed by atoms with E-state index in [0.29, 0.717) is 5.02 Å². The molecule has 6 heteroatoms. The van der Waals surface area contributed by atoms with E-state index in [1.165, 1.54) is 4.88 Å². The third-order valence-electron chi connectivity index (χ3n) is 4.96. The van der Waals surface area contributed by atoms with Crippen LogP contribution in [-0.4, -0.2) is 17.8 Å². The number of rotatable bonds is 3. The molecule has 2 atom stereocenters. The van der Waals surface area contributed by atoms with Crippen LogP contribution in [0.3, 0.4) is 0 Å². The van der Waals surface area contributed by atoms with Gasteiger partial charge in [0.25, 0.3) is 0 Å². The Balaban J connectivity index is 1.59. The topological polar surface area (TPSA) is 34.1 Å². The molecule has 0 amide bonds. The van der Waals surface area contributed by atoms with E-state index in [2.05, 4.69) is 22.5 Å². The number of benzene rings is 2. The van der Waals surface area contributed by atoms with Gasteiger partial charge in [-0.25, -0.2) is 5.01 Å². The predicted molar refractivity (Wildman–Crippen MR) is 108 cm³/mol. The predicted octanol–water partition coefficient (Wildman–Crippen LogP) is 5.65. The maximum atomic E-state index is 6.35. The highest BCUT2D eigenvalue weighted by Gasteiger charge is 2.41. The highest BCUT2D eigenvalue weighted by atomic mass is 35.5. The molecule has 2 aliphatic rings. The second kappa shape index (κ2) is 6.59. The lowest BCUT2D eigenvalue weighted by atomic mass is 9.97. The van der Waals surface area contributed by atoms with E-state index in [1.807, 2.05) is 42.5 Å². The normalized spacial score (nSPS) is 20.5. The highest BCUT2D eigenvalue weighted by Crippen LogP contribution is 2.48. The fourth-order valence-electron chi connectivity index (χ4n) is 3.64. The third kappa shape index (κ3) is 2.87. The Bertz CT molecular complexity index is 1000. The lowest BCUT2D eigenvalue weighted by molar-refractivity contribution is -0.0190. The van der Waals surface area contributed by atoms with E-state index in [1.54, 1.807) is 18.4 Å². The first-order chi connectivity index (χ1) is 13.2. The lowest BCUT2D eigenvalue weighted by Crippen LogP contribution is -2.33. The van der Waals surface area contributed by atoms with E-state index in [0.717, 1.165) is 34.8 Å². The second-order valence-electron chi connectivity index (χ2n) is 6.55. The van der Waals surface area contributed by atoms with Crippen molar-refractivity contribution in [1.82, 2.24) is 5.01 Å². The minimum absolute atomic E-state index is 0.108. The molecule has 3 heterocycles. The molecule has 0 saturated heterocycles. The number of thiophene rings is 1. The number of hydrazone groups is 1. The van der Waals surface area contributed by atoms with Gasteiger partial charge in [0.15, 0.2) is 0 Å². The Kier molecular flexibility index (Phi) is 4.06. The van der Waals surface area contributed by atoms with E-state index in [-0.39, 0.29) is 12.3 Å². The van der Waals surface area contributed by atoms with Crippen molar-refractivity contribution in [3.05, 3.63) is 81.0 Å². The van der Waals surface area contributed by atoms with Gasteiger partial charge in [-0.15, -0.1) is 11.3 Å². The Labute approximate surface area is 166 Å². The van der Waals surface area contributed by atoms with Crippen molar-refractivity contribution < 1.29 is 9.47 Å². The van der Waals surface area contributed by atoms with Gasteiger partial charge in [0.2, 0.25) is 6.23 Å². The van der Waals surface area contributed by atoms with E-state index in [9.17, 15) is 0 Å². The summed E-state index contributed by atoms with van der Waals surface area (Å²) in [4.78, 5) is 1.20. The van der Waals surface area contributed by atoms with Crippen LogP contribution in [0.1, 0.15) is 34.7 Å². The average Bonchev–Trinajstić information content (AvgIpc) is 3.37. The van der Waals surface area contributed by atoms with Gasteiger partial charge < -0.3 is 9.47 Å². The Hall–Kier alpha value is -2.50. The maximum absolute atomic E-state index is 6.35. The number of fused-ring (bicyclic) bond motifs is 3. The number of nitrogens with zero attached hydrogens (tertiary/aromatic N) is 2. The largest absolute Gasteiger partial charge is 0.497 e. The summed E-state index contributed by atoms with van der Waals surface area (Å²) in [5, 5.41) is 9.80. The molecule has 4 nitrogen and oxygen atoms in total. The van der Waals surface area contributed by atoms with Gasteiger partial charge in [0.1, 0.15) is 11.5 Å². The average molecular weight is 397 g/mol. The van der Waals surface area contributed by atoms with Crippen LogP contribution in [-0.2, 0) is 0 Å². The van der Waals surface area contributed by atoms with E-state index < -0.39 is 0 Å². The number of methoxy groups -OCH3 is 1. The van der Waals surface area contributed by atoms with Gasteiger partial charge in [-0.2, -0.15) is 5.10 Å². The smallest absolute Gasteiger partial charge is 0.213 e. The van der Waals surface area contributed by atoms with Crippen LogP contribution in [0, 0.1) is 0 Å². The molecule has 0 aliphatic carbocycles. The molecule has 1 aromatic heterocycles. The van der Waals surface area contributed by atoms with E-state index in [4.69, 9.17) is 26.2 Å². The van der Waals surface area contributed by atoms with Crippen molar-refractivity contribution >= 4 is 28.6 Å². The minimum Gasteiger partial charge on any atom is -0.497 e. The molecule has 136 valence electrons. The van der Waals surface area contributed by atoms with Crippen LogP contribution in [0.2, 0.25) is 5.02 Å². The van der Waals surface area contributed by atoms with Crippen molar-refractivity contribution in [1.29, 1.82) is 0 Å². The summed E-state index contributed by atoms with van der Waals surface area (Å²) < 4.78 is 11.6. The number of hydrogen-bond acceptors (Lipinski definition) is 5. The van der Waals surface area contributed by atoms with Crippen LogP contribution >= 0.6 is 22.9 Å². The molecule has 0 unspecified atom stereocenters. The zero-order valence-corrected chi connectivity index (χ0v) is 16.2. The summed E-state index contributed by atoms with van der Waals surface area (Å²) in [6.07, 6.45) is 0.552. The molecule has 0 bridgehead atoms. The summed E-state index contributed by atoms with van der Waals surface area (Å²) in [6, 6.07) is 18.1. The Morgan fingerprint density at radius 1 is 1.19 bits per heavy atom. The van der Waals surface area contributed by atoms with Crippen molar-refractivity contribution in [2.24, 2.45) is 5.10 Å². The van der Waals surface area contributed by atoms with Gasteiger partial charge in [-0.1, -0.05) is 17.7 Å². The quantitative estimate of drug-likeness (QED) is 0.573. The summed E-state index contributed by atoms with van der Waals surface area (Å²) in [6.45, 7) is 0. The molecule has 0 radical (unpaired) electrons. The molecular weight excluding hydrogens is 380 g/mol. The standard InChI is InChI=1S/C21H17ClN2O2S/c1-25-15-7-4-13(5-8-15)21-24-18(12-17(23-24)20-3-2-10-27-20)16-11-14(22)6-9-19(16)26-21/h2-11,18,21H,12H2,1H3/t18-,21-/m1/s1. The molecule has 27 heavy (non-hydrogen) atoms. The SMILES string of the molecule is COc1ccc([C@H]2Oc3ccc(Cl)cc3[C@H]3CC(c4cccs4)=NN32)cc1. The Morgan fingerprint density at radius 2 is 2.04 bits per heavy atom. The second-order valence-corrected chi connectivity index (χ2v) is 7.93. The molecule has 2 aromatic carbocycles. The molecule has 2 aliphatic heterocycles. The summed E-state index contributed by atoms with van der Waals surface area (Å²) >= 11 is 7.98. The molecular formula is C21H17ClN2O2S. The van der Waals surface area contributed by atoms with Crippen LogP contribution in [0.15, 0.2) is 65.1 Å². The van der Waals surface area contributed by atoms with Crippen molar-refractivity contribution in [2.75, 3.05) is 7.11 Å². The monoisotopic (exact) mass is 396 g/mol.